The average Bonchev–Trinajstić information content (AvgIpc) is 2.38. The van der Waals surface area contributed by atoms with Gasteiger partial charge in [0.25, 0.3) is 0 Å². The summed E-state index contributed by atoms with van der Waals surface area (Å²) in [7, 11) is 0. The highest BCUT2D eigenvalue weighted by Gasteiger charge is 2.48. The fourth-order valence-corrected chi connectivity index (χ4v) is 4.26. The van der Waals surface area contributed by atoms with Crippen LogP contribution in [0, 0.1) is 5.92 Å². The Kier molecular flexibility index (Phi) is 3.09. The molecule has 0 spiro atoms. The zero-order valence-electron chi connectivity index (χ0n) is 12.3. The van der Waals surface area contributed by atoms with Gasteiger partial charge in [0.1, 0.15) is 5.75 Å². The molecule has 1 N–H and O–H groups in total. The molecule has 1 aromatic carbocycles. The third-order valence-corrected chi connectivity index (χ3v) is 5.62. The molecule has 0 amide bonds. The highest BCUT2D eigenvalue weighted by Crippen LogP contribution is 2.49. The molecule has 1 aliphatic heterocycles. The minimum atomic E-state index is 0.237. The highest BCUT2D eigenvalue weighted by atomic mass is 16.3. The molecule has 2 aliphatic rings. The Hall–Kier alpha value is -1.02. The quantitative estimate of drug-likeness (QED) is 0.880. The first kappa shape index (κ1) is 13.0. The Morgan fingerprint density at radius 2 is 2.21 bits per heavy atom. The molecule has 19 heavy (non-hydrogen) atoms. The molecular weight excluding hydrogens is 234 g/mol. The summed E-state index contributed by atoms with van der Waals surface area (Å²) < 4.78 is 0. The molecule has 1 aliphatic carbocycles. The van der Waals surface area contributed by atoms with E-state index in [2.05, 4.69) is 31.7 Å². The normalized spacial score (nSPS) is 34.1. The van der Waals surface area contributed by atoms with E-state index >= 15 is 0 Å². The number of piperidine rings is 1. The van der Waals surface area contributed by atoms with Crippen molar-refractivity contribution in [2.45, 2.75) is 51.5 Å². The van der Waals surface area contributed by atoms with Gasteiger partial charge in [-0.25, -0.2) is 0 Å². The van der Waals surface area contributed by atoms with Gasteiger partial charge in [0, 0.05) is 6.04 Å². The van der Waals surface area contributed by atoms with Crippen molar-refractivity contribution in [2.24, 2.45) is 5.92 Å². The first-order valence-electron chi connectivity index (χ1n) is 7.62. The van der Waals surface area contributed by atoms with Crippen LogP contribution in [0.2, 0.25) is 0 Å². The molecule has 0 radical (unpaired) electrons. The second-order valence-corrected chi connectivity index (χ2v) is 6.61. The number of benzene rings is 1. The molecule has 1 fully saturated rings. The summed E-state index contributed by atoms with van der Waals surface area (Å²) in [6.45, 7) is 9.49. The number of nitrogens with zero attached hydrogens (tertiary/aromatic N) is 1. The van der Waals surface area contributed by atoms with E-state index in [1.807, 2.05) is 12.1 Å². The smallest absolute Gasteiger partial charge is 0.115 e. The van der Waals surface area contributed by atoms with Crippen molar-refractivity contribution in [3.05, 3.63) is 29.3 Å². The van der Waals surface area contributed by atoms with Gasteiger partial charge < -0.3 is 5.11 Å². The molecule has 1 saturated heterocycles. The molecule has 0 saturated carbocycles. The summed E-state index contributed by atoms with van der Waals surface area (Å²) in [6.07, 6.45) is 3.59. The van der Waals surface area contributed by atoms with Crippen LogP contribution in [-0.2, 0) is 11.8 Å². The van der Waals surface area contributed by atoms with E-state index in [1.54, 1.807) is 0 Å². The fraction of sp³-hybridized carbons (Fsp3) is 0.647. The van der Waals surface area contributed by atoms with Crippen LogP contribution in [0.3, 0.4) is 0 Å². The predicted octanol–water partition coefficient (Wildman–Crippen LogP) is 3.33. The maximum Gasteiger partial charge on any atom is 0.115 e. The van der Waals surface area contributed by atoms with Gasteiger partial charge in [-0.15, -0.1) is 0 Å². The standard InChI is InChI=1S/C17H25NO/c1-4-8-18-9-7-17(3)12(2)16(18)10-13-5-6-14(19)11-15(13)17/h5-6,11-12,16,19H,4,7-10H2,1-3H3/t12-,16+,17+/m0/s1. The van der Waals surface area contributed by atoms with Crippen LogP contribution in [0.1, 0.15) is 44.7 Å². The lowest BCUT2D eigenvalue weighted by Gasteiger charge is -2.54. The Labute approximate surface area is 116 Å². The van der Waals surface area contributed by atoms with Crippen LogP contribution >= 0.6 is 0 Å². The topological polar surface area (TPSA) is 23.5 Å². The van der Waals surface area contributed by atoms with Crippen molar-refractivity contribution >= 4 is 0 Å². The van der Waals surface area contributed by atoms with Gasteiger partial charge in [-0.1, -0.05) is 26.8 Å². The Morgan fingerprint density at radius 1 is 1.42 bits per heavy atom. The summed E-state index contributed by atoms with van der Waals surface area (Å²) in [5, 5.41) is 9.81. The van der Waals surface area contributed by atoms with E-state index in [1.165, 1.54) is 37.1 Å². The molecule has 0 unspecified atom stereocenters. The van der Waals surface area contributed by atoms with Gasteiger partial charge >= 0.3 is 0 Å². The molecule has 3 rings (SSSR count). The minimum Gasteiger partial charge on any atom is -0.508 e. The monoisotopic (exact) mass is 259 g/mol. The van der Waals surface area contributed by atoms with E-state index in [0.29, 0.717) is 17.7 Å². The Morgan fingerprint density at radius 3 is 2.95 bits per heavy atom. The van der Waals surface area contributed by atoms with Crippen LogP contribution in [0.25, 0.3) is 0 Å². The molecule has 1 heterocycles. The lowest BCUT2D eigenvalue weighted by atomic mass is 9.59. The van der Waals surface area contributed by atoms with E-state index < -0.39 is 0 Å². The third kappa shape index (κ3) is 1.88. The second kappa shape index (κ2) is 4.52. The Bertz CT molecular complexity index is 484. The number of phenolic OH excluding ortho intramolecular Hbond substituents is 1. The lowest BCUT2D eigenvalue weighted by Crippen LogP contribution is -2.57. The van der Waals surface area contributed by atoms with Crippen molar-refractivity contribution in [1.82, 2.24) is 4.90 Å². The minimum absolute atomic E-state index is 0.237. The largest absolute Gasteiger partial charge is 0.508 e. The number of aromatic hydroxyl groups is 1. The third-order valence-electron chi connectivity index (χ3n) is 5.62. The van der Waals surface area contributed by atoms with Crippen molar-refractivity contribution in [3.63, 3.8) is 0 Å². The number of fused-ring (bicyclic) bond motifs is 4. The van der Waals surface area contributed by atoms with Gasteiger partial charge in [-0.3, -0.25) is 4.90 Å². The predicted molar refractivity (Wildman–Crippen MR) is 78.6 cm³/mol. The summed E-state index contributed by atoms with van der Waals surface area (Å²) >= 11 is 0. The number of rotatable bonds is 2. The number of phenols is 1. The van der Waals surface area contributed by atoms with Crippen molar-refractivity contribution in [1.29, 1.82) is 0 Å². The van der Waals surface area contributed by atoms with Crippen LogP contribution in [0.5, 0.6) is 5.75 Å². The summed E-state index contributed by atoms with van der Waals surface area (Å²) in [4.78, 5) is 2.68. The van der Waals surface area contributed by atoms with E-state index in [9.17, 15) is 5.11 Å². The van der Waals surface area contributed by atoms with Crippen molar-refractivity contribution in [2.75, 3.05) is 13.1 Å². The number of hydrogen-bond acceptors (Lipinski definition) is 2. The zero-order valence-corrected chi connectivity index (χ0v) is 12.3. The Balaban J connectivity index is 2.03. The molecule has 2 heteroatoms. The molecule has 3 atom stereocenters. The lowest BCUT2D eigenvalue weighted by molar-refractivity contribution is 0.0315. The van der Waals surface area contributed by atoms with E-state index in [-0.39, 0.29) is 5.41 Å². The van der Waals surface area contributed by atoms with E-state index in [0.717, 1.165) is 6.42 Å². The average molecular weight is 259 g/mol. The number of likely N-dealkylation sites (tertiary alicyclic amines) is 1. The zero-order chi connectivity index (χ0) is 13.6. The number of hydrogen-bond donors (Lipinski definition) is 1. The molecule has 2 nitrogen and oxygen atoms in total. The first-order valence-corrected chi connectivity index (χ1v) is 7.62. The summed E-state index contributed by atoms with van der Waals surface area (Å²) in [5.74, 6) is 1.09. The highest BCUT2D eigenvalue weighted by molar-refractivity contribution is 5.44. The van der Waals surface area contributed by atoms with Gasteiger partial charge in [0.15, 0.2) is 0 Å². The molecule has 104 valence electrons. The molecule has 2 bridgehead atoms. The fourth-order valence-electron chi connectivity index (χ4n) is 4.26. The van der Waals surface area contributed by atoms with Gasteiger partial charge in [0.05, 0.1) is 0 Å². The van der Waals surface area contributed by atoms with Crippen LogP contribution in [-0.4, -0.2) is 29.1 Å². The maximum atomic E-state index is 9.81. The molecule has 1 aromatic rings. The van der Waals surface area contributed by atoms with Crippen molar-refractivity contribution in [3.8, 4) is 5.75 Å². The molecular formula is C17H25NO. The van der Waals surface area contributed by atoms with E-state index in [4.69, 9.17) is 0 Å². The van der Waals surface area contributed by atoms with Crippen LogP contribution in [0.15, 0.2) is 18.2 Å². The SMILES string of the molecule is CCCN1CC[C@@]2(C)c3cc(O)ccc3C[C@@H]1[C@@H]2C. The summed E-state index contributed by atoms with van der Waals surface area (Å²) in [6, 6.07) is 6.67. The van der Waals surface area contributed by atoms with Crippen molar-refractivity contribution < 1.29 is 5.11 Å². The second-order valence-electron chi connectivity index (χ2n) is 6.61. The van der Waals surface area contributed by atoms with Gasteiger partial charge in [0.2, 0.25) is 0 Å². The van der Waals surface area contributed by atoms with Crippen LogP contribution < -0.4 is 0 Å². The van der Waals surface area contributed by atoms with Crippen LogP contribution in [0.4, 0.5) is 0 Å². The summed E-state index contributed by atoms with van der Waals surface area (Å²) in [5.41, 5.74) is 3.08. The van der Waals surface area contributed by atoms with Gasteiger partial charge in [-0.2, -0.15) is 0 Å². The van der Waals surface area contributed by atoms with Gasteiger partial charge in [-0.05, 0) is 66.9 Å². The first-order chi connectivity index (χ1) is 9.06. The maximum absolute atomic E-state index is 9.81. The molecule has 0 aromatic heterocycles.